The summed E-state index contributed by atoms with van der Waals surface area (Å²) in [6.45, 7) is 25.5. The molecular weight excluding hydrogens is 420 g/mol. The molecule has 0 aliphatic carbocycles. The number of hydrazine groups is 1. The van der Waals surface area contributed by atoms with Gasteiger partial charge in [0.05, 0.1) is 12.8 Å². The van der Waals surface area contributed by atoms with Crippen molar-refractivity contribution in [3.8, 4) is 5.75 Å². The van der Waals surface area contributed by atoms with E-state index in [1.54, 1.807) is 7.11 Å². The number of nitrogens with two attached hydrogens (primary N) is 2. The van der Waals surface area contributed by atoms with Gasteiger partial charge >= 0.3 is 0 Å². The highest BCUT2D eigenvalue weighted by Crippen LogP contribution is 2.32. The van der Waals surface area contributed by atoms with Crippen molar-refractivity contribution in [2.75, 3.05) is 12.1 Å². The minimum absolute atomic E-state index is 0.204. The van der Waals surface area contributed by atoms with E-state index in [4.69, 9.17) is 16.4 Å². The van der Waals surface area contributed by atoms with Gasteiger partial charge < -0.3 is 10.6 Å². The minimum atomic E-state index is 0.204. The van der Waals surface area contributed by atoms with E-state index in [-0.39, 0.29) is 5.41 Å². The van der Waals surface area contributed by atoms with E-state index in [9.17, 15) is 0 Å². The maximum absolute atomic E-state index is 5.73. The lowest BCUT2D eigenvalue weighted by Gasteiger charge is -2.22. The first kappa shape index (κ1) is 33.6. The zero-order chi connectivity index (χ0) is 27.1. The van der Waals surface area contributed by atoms with Gasteiger partial charge in [-0.05, 0) is 64.6 Å². The van der Waals surface area contributed by atoms with Crippen molar-refractivity contribution in [3.63, 3.8) is 0 Å². The number of aryl methyl sites for hydroxylation is 1. The lowest BCUT2D eigenvalue weighted by molar-refractivity contribution is 0.406. The molecule has 0 aliphatic rings. The quantitative estimate of drug-likeness (QED) is 0.201. The van der Waals surface area contributed by atoms with E-state index in [1.807, 2.05) is 33.8 Å². The molecule has 34 heavy (non-hydrogen) atoms. The maximum atomic E-state index is 5.73. The summed E-state index contributed by atoms with van der Waals surface area (Å²) >= 11 is 0. The molecule has 0 fully saturated rings. The maximum Gasteiger partial charge on any atom is 0.129 e. The van der Waals surface area contributed by atoms with E-state index in [1.165, 1.54) is 33.6 Å². The van der Waals surface area contributed by atoms with Crippen LogP contribution in [0.15, 0.2) is 41.5 Å². The van der Waals surface area contributed by atoms with Crippen LogP contribution >= 0.6 is 0 Å². The monoisotopic (exact) mass is 472 g/mol. The molecular formula is C29H52N4O. The molecule has 0 saturated heterocycles. The molecule has 0 aliphatic heterocycles. The Morgan fingerprint density at radius 1 is 0.882 bits per heavy atom. The molecule has 5 nitrogen and oxygen atoms in total. The molecule has 0 bridgehead atoms. The lowest BCUT2D eigenvalue weighted by atomic mass is 9.84. The van der Waals surface area contributed by atoms with Crippen LogP contribution in [0.2, 0.25) is 0 Å². The average molecular weight is 473 g/mol. The largest absolute Gasteiger partial charge is 0.496 e. The van der Waals surface area contributed by atoms with E-state index in [0.717, 1.165) is 11.4 Å². The SMILES string of the molecule is CC.CC.COc1ccc(C(C)(C)C)cc1C(C)C.Cc1ccc(N(N)/C=N\N)cc1C(C)C. The molecule has 0 heterocycles. The summed E-state index contributed by atoms with van der Waals surface area (Å²) in [7, 11) is 1.73. The van der Waals surface area contributed by atoms with Crippen LogP contribution in [0.1, 0.15) is 110 Å². The highest BCUT2D eigenvalue weighted by molar-refractivity contribution is 5.77. The van der Waals surface area contributed by atoms with Gasteiger partial charge in [-0.3, -0.25) is 5.01 Å². The predicted molar refractivity (Wildman–Crippen MR) is 153 cm³/mol. The van der Waals surface area contributed by atoms with Gasteiger partial charge in [-0.2, -0.15) is 5.10 Å². The summed E-state index contributed by atoms with van der Waals surface area (Å²) in [4.78, 5) is 0. The van der Waals surface area contributed by atoms with Gasteiger partial charge in [0, 0.05) is 0 Å². The molecule has 5 heteroatoms. The second kappa shape index (κ2) is 17.0. The van der Waals surface area contributed by atoms with Gasteiger partial charge in [-0.1, -0.05) is 94.4 Å². The summed E-state index contributed by atoms with van der Waals surface area (Å²) in [5, 5.41) is 4.79. The first-order chi connectivity index (χ1) is 15.9. The zero-order valence-corrected chi connectivity index (χ0v) is 24.2. The van der Waals surface area contributed by atoms with Crippen LogP contribution in [0.25, 0.3) is 0 Å². The van der Waals surface area contributed by atoms with Crippen molar-refractivity contribution in [1.29, 1.82) is 0 Å². The van der Waals surface area contributed by atoms with Crippen molar-refractivity contribution >= 4 is 12.0 Å². The third-order valence-electron chi connectivity index (χ3n) is 5.09. The van der Waals surface area contributed by atoms with Gasteiger partial charge in [-0.25, -0.2) is 5.84 Å². The molecule has 2 aromatic carbocycles. The summed E-state index contributed by atoms with van der Waals surface area (Å²) in [5.41, 5.74) is 6.31. The highest BCUT2D eigenvalue weighted by atomic mass is 16.5. The number of hydrazone groups is 1. The van der Waals surface area contributed by atoms with Crippen LogP contribution in [0.3, 0.4) is 0 Å². The molecule has 2 aromatic rings. The number of methoxy groups -OCH3 is 1. The number of rotatable bonds is 5. The molecule has 2 rings (SSSR count). The van der Waals surface area contributed by atoms with Crippen LogP contribution < -0.4 is 21.4 Å². The number of hydrogen-bond acceptors (Lipinski definition) is 4. The number of anilines is 1. The van der Waals surface area contributed by atoms with Crippen molar-refractivity contribution in [1.82, 2.24) is 0 Å². The summed E-state index contributed by atoms with van der Waals surface area (Å²) in [6.07, 6.45) is 1.38. The fraction of sp³-hybridized carbons (Fsp3) is 0.552. The van der Waals surface area contributed by atoms with Crippen molar-refractivity contribution in [2.45, 2.75) is 100 Å². The fourth-order valence-electron chi connectivity index (χ4n) is 3.20. The number of hydrogen-bond donors (Lipinski definition) is 2. The predicted octanol–water partition coefficient (Wildman–Crippen LogP) is 7.87. The number of benzene rings is 2. The molecule has 0 amide bonds. The standard InChI is InChI=1S/C14H22O.C11H18N4.2C2H6/c1-10(2)12-9-11(14(3,4)5)7-8-13(12)15-6;1-8(2)11-6-10(5-4-9(11)3)15(13)7-14-12;2*1-2/h7-10H,1-6H3;4-8H,12-13H2,1-3H3;2*1-2H3/b;14-7-;;. The Kier molecular flexibility index (Phi) is 16.8. The normalized spacial score (nSPS) is 10.6. The summed E-state index contributed by atoms with van der Waals surface area (Å²) < 4.78 is 5.37. The number of ether oxygens (including phenoxy) is 1. The Balaban J connectivity index is 0. The van der Waals surface area contributed by atoms with Crippen molar-refractivity contribution < 1.29 is 4.74 Å². The van der Waals surface area contributed by atoms with Crippen LogP contribution in [-0.4, -0.2) is 13.4 Å². The fourth-order valence-corrected chi connectivity index (χ4v) is 3.20. The van der Waals surface area contributed by atoms with E-state index < -0.39 is 0 Å². The third-order valence-corrected chi connectivity index (χ3v) is 5.09. The van der Waals surface area contributed by atoms with Crippen LogP contribution in [-0.2, 0) is 5.41 Å². The van der Waals surface area contributed by atoms with Gasteiger partial charge in [0.15, 0.2) is 0 Å². The van der Waals surface area contributed by atoms with E-state index >= 15 is 0 Å². The first-order valence-electron chi connectivity index (χ1n) is 12.5. The van der Waals surface area contributed by atoms with Crippen LogP contribution in [0.4, 0.5) is 5.69 Å². The Morgan fingerprint density at radius 3 is 1.82 bits per heavy atom. The average Bonchev–Trinajstić information content (AvgIpc) is 2.81. The Hall–Kier alpha value is -2.53. The van der Waals surface area contributed by atoms with Gasteiger partial charge in [0.1, 0.15) is 12.1 Å². The molecule has 0 aromatic heterocycles. The van der Waals surface area contributed by atoms with Gasteiger partial charge in [-0.15, -0.1) is 0 Å². The Morgan fingerprint density at radius 2 is 1.41 bits per heavy atom. The van der Waals surface area contributed by atoms with E-state index in [2.05, 4.69) is 90.8 Å². The summed E-state index contributed by atoms with van der Waals surface area (Å²) in [6, 6.07) is 12.6. The lowest BCUT2D eigenvalue weighted by Crippen LogP contribution is -2.29. The Labute approximate surface area is 210 Å². The second-order valence-electron chi connectivity index (χ2n) is 9.23. The van der Waals surface area contributed by atoms with Crippen molar-refractivity contribution in [3.05, 3.63) is 58.7 Å². The molecule has 0 atom stereocenters. The molecule has 194 valence electrons. The van der Waals surface area contributed by atoms with Gasteiger partial charge in [0.25, 0.3) is 0 Å². The topological polar surface area (TPSA) is 76.9 Å². The summed E-state index contributed by atoms with van der Waals surface area (Å²) in [5.74, 6) is 12.8. The van der Waals surface area contributed by atoms with Crippen LogP contribution in [0, 0.1) is 6.92 Å². The Bertz CT molecular complexity index is 837. The number of nitrogens with zero attached hydrogens (tertiary/aromatic N) is 2. The van der Waals surface area contributed by atoms with Gasteiger partial charge in [0.2, 0.25) is 0 Å². The molecule has 0 saturated carbocycles. The second-order valence-corrected chi connectivity index (χ2v) is 9.23. The minimum Gasteiger partial charge on any atom is -0.496 e. The molecule has 0 spiro atoms. The van der Waals surface area contributed by atoms with Crippen LogP contribution in [0.5, 0.6) is 5.75 Å². The highest BCUT2D eigenvalue weighted by Gasteiger charge is 2.16. The van der Waals surface area contributed by atoms with E-state index in [0.29, 0.717) is 11.8 Å². The molecule has 0 radical (unpaired) electrons. The molecule has 0 unspecified atom stereocenters. The smallest absolute Gasteiger partial charge is 0.129 e. The zero-order valence-electron chi connectivity index (χ0n) is 24.2. The third kappa shape index (κ3) is 11.1. The first-order valence-corrected chi connectivity index (χ1v) is 12.5. The molecule has 4 N–H and O–H groups in total. The van der Waals surface area contributed by atoms with Crippen molar-refractivity contribution in [2.24, 2.45) is 16.8 Å².